The van der Waals surface area contributed by atoms with Gasteiger partial charge in [0.1, 0.15) is 0 Å². The van der Waals surface area contributed by atoms with Gasteiger partial charge in [-0.3, -0.25) is 4.79 Å². The Morgan fingerprint density at radius 3 is 2.61 bits per heavy atom. The Morgan fingerprint density at radius 1 is 1.35 bits per heavy atom. The van der Waals surface area contributed by atoms with Crippen LogP contribution in [0.5, 0.6) is 0 Å². The normalized spacial score (nSPS) is 23.0. The molecule has 1 aliphatic heterocycles. The van der Waals surface area contributed by atoms with Crippen LogP contribution in [0.4, 0.5) is 0 Å². The van der Waals surface area contributed by atoms with Crippen molar-refractivity contribution in [2.75, 3.05) is 13.7 Å². The molecule has 1 heterocycles. The maximum atomic E-state index is 12.5. The molecule has 5 nitrogen and oxygen atoms in total. The van der Waals surface area contributed by atoms with Crippen LogP contribution in [0.1, 0.15) is 38.4 Å². The lowest BCUT2D eigenvalue weighted by molar-refractivity contribution is -0.131. The fourth-order valence-corrected chi connectivity index (χ4v) is 3.23. The standard InChI is InChI=1S/C18H28N2O3/c1-12(17(23-3)15-10-7-11-19-15)18(22)20-13(2)16(21)14-8-5-4-6-9-14/h4-6,8-9,12-13,15-17,19,21H,7,10-11H2,1-3H3,(H,20,22)/t12-,13-,15+,16-,17-/m1/s1. The second kappa shape index (κ2) is 8.43. The summed E-state index contributed by atoms with van der Waals surface area (Å²) in [6.45, 7) is 4.67. The number of carbonyl (C=O) groups excluding carboxylic acids is 1. The number of aliphatic hydroxyl groups is 1. The van der Waals surface area contributed by atoms with E-state index in [0.717, 1.165) is 24.9 Å². The maximum Gasteiger partial charge on any atom is 0.225 e. The molecule has 1 aliphatic rings. The molecule has 0 unspecified atom stereocenters. The molecule has 1 aromatic rings. The average molecular weight is 320 g/mol. The van der Waals surface area contributed by atoms with E-state index in [9.17, 15) is 9.90 Å². The molecule has 0 spiro atoms. The molecule has 1 fully saturated rings. The third-order valence-corrected chi connectivity index (χ3v) is 4.66. The van der Waals surface area contributed by atoms with Crippen molar-refractivity contribution >= 4 is 5.91 Å². The van der Waals surface area contributed by atoms with Crippen molar-refractivity contribution in [3.05, 3.63) is 35.9 Å². The number of rotatable bonds is 7. The summed E-state index contributed by atoms with van der Waals surface area (Å²) < 4.78 is 5.56. The van der Waals surface area contributed by atoms with E-state index in [1.54, 1.807) is 7.11 Å². The summed E-state index contributed by atoms with van der Waals surface area (Å²) in [6.07, 6.45) is 1.26. The summed E-state index contributed by atoms with van der Waals surface area (Å²) in [5, 5.41) is 16.7. The maximum absolute atomic E-state index is 12.5. The van der Waals surface area contributed by atoms with Gasteiger partial charge in [-0.15, -0.1) is 0 Å². The summed E-state index contributed by atoms with van der Waals surface area (Å²) in [5.74, 6) is -0.367. The van der Waals surface area contributed by atoms with Crippen LogP contribution in [0.3, 0.4) is 0 Å². The first-order valence-corrected chi connectivity index (χ1v) is 8.34. The van der Waals surface area contributed by atoms with Crippen molar-refractivity contribution in [2.24, 2.45) is 5.92 Å². The van der Waals surface area contributed by atoms with Crippen LogP contribution >= 0.6 is 0 Å². The molecule has 0 bridgehead atoms. The van der Waals surface area contributed by atoms with Gasteiger partial charge in [-0.05, 0) is 31.9 Å². The Bertz CT molecular complexity index is 488. The van der Waals surface area contributed by atoms with E-state index in [2.05, 4.69) is 10.6 Å². The summed E-state index contributed by atoms with van der Waals surface area (Å²) >= 11 is 0. The van der Waals surface area contributed by atoms with Gasteiger partial charge in [-0.25, -0.2) is 0 Å². The Hall–Kier alpha value is -1.43. The third kappa shape index (κ3) is 4.53. The number of aliphatic hydroxyl groups excluding tert-OH is 1. The first-order chi connectivity index (χ1) is 11.0. The number of nitrogens with one attached hydrogen (secondary N) is 2. The number of benzene rings is 1. The smallest absolute Gasteiger partial charge is 0.225 e. The number of methoxy groups -OCH3 is 1. The molecule has 0 saturated carbocycles. The number of carbonyl (C=O) groups is 1. The van der Waals surface area contributed by atoms with Gasteiger partial charge >= 0.3 is 0 Å². The average Bonchev–Trinajstić information content (AvgIpc) is 3.09. The molecule has 1 saturated heterocycles. The van der Waals surface area contributed by atoms with Gasteiger partial charge in [0.25, 0.3) is 0 Å². The quantitative estimate of drug-likeness (QED) is 0.714. The Labute approximate surface area is 138 Å². The molecule has 2 rings (SSSR count). The van der Waals surface area contributed by atoms with Crippen molar-refractivity contribution in [3.8, 4) is 0 Å². The molecule has 0 aliphatic carbocycles. The molecule has 1 aromatic carbocycles. The molecule has 5 heteroatoms. The minimum absolute atomic E-state index is 0.0898. The van der Waals surface area contributed by atoms with Crippen molar-refractivity contribution in [3.63, 3.8) is 0 Å². The predicted molar refractivity (Wildman–Crippen MR) is 90.0 cm³/mol. The Kier molecular flexibility index (Phi) is 6.57. The fourth-order valence-electron chi connectivity index (χ4n) is 3.23. The second-order valence-electron chi connectivity index (χ2n) is 6.34. The van der Waals surface area contributed by atoms with Crippen LogP contribution < -0.4 is 10.6 Å². The number of ether oxygens (including phenoxy) is 1. The molecular weight excluding hydrogens is 292 g/mol. The lowest BCUT2D eigenvalue weighted by Crippen LogP contribution is -2.48. The van der Waals surface area contributed by atoms with Crippen LogP contribution in [0.2, 0.25) is 0 Å². The van der Waals surface area contributed by atoms with Gasteiger partial charge in [-0.1, -0.05) is 37.3 Å². The van der Waals surface area contributed by atoms with Crippen molar-refractivity contribution in [1.29, 1.82) is 0 Å². The second-order valence-corrected chi connectivity index (χ2v) is 6.34. The van der Waals surface area contributed by atoms with Gasteiger partial charge in [0.15, 0.2) is 0 Å². The monoisotopic (exact) mass is 320 g/mol. The van der Waals surface area contributed by atoms with E-state index < -0.39 is 6.10 Å². The molecule has 23 heavy (non-hydrogen) atoms. The fraction of sp³-hybridized carbons (Fsp3) is 0.611. The molecule has 3 N–H and O–H groups in total. The summed E-state index contributed by atoms with van der Waals surface area (Å²) in [5.41, 5.74) is 0.800. The molecule has 0 aromatic heterocycles. The van der Waals surface area contributed by atoms with Crippen molar-refractivity contribution in [1.82, 2.24) is 10.6 Å². The van der Waals surface area contributed by atoms with Crippen LogP contribution in [0.25, 0.3) is 0 Å². The minimum Gasteiger partial charge on any atom is -0.386 e. The van der Waals surface area contributed by atoms with Gasteiger partial charge in [0, 0.05) is 13.2 Å². The SMILES string of the molecule is CO[C@@H]([C@@H]1CCCN1)[C@@H](C)C(=O)N[C@H](C)[C@@H](O)c1ccccc1. The topological polar surface area (TPSA) is 70.6 Å². The Balaban J connectivity index is 1.94. The first kappa shape index (κ1) is 17.9. The highest BCUT2D eigenvalue weighted by atomic mass is 16.5. The van der Waals surface area contributed by atoms with Gasteiger partial charge in [0.05, 0.1) is 24.2 Å². The summed E-state index contributed by atoms with van der Waals surface area (Å²) in [7, 11) is 1.65. The zero-order valence-electron chi connectivity index (χ0n) is 14.2. The largest absolute Gasteiger partial charge is 0.386 e. The van der Waals surface area contributed by atoms with E-state index in [1.165, 1.54) is 0 Å². The van der Waals surface area contributed by atoms with Gasteiger partial charge < -0.3 is 20.5 Å². The number of hydrogen-bond donors (Lipinski definition) is 3. The van der Waals surface area contributed by atoms with Gasteiger partial charge in [0.2, 0.25) is 5.91 Å². The van der Waals surface area contributed by atoms with E-state index in [-0.39, 0.29) is 30.0 Å². The van der Waals surface area contributed by atoms with Crippen molar-refractivity contribution < 1.29 is 14.6 Å². The minimum atomic E-state index is -0.724. The molecule has 1 amide bonds. The van der Waals surface area contributed by atoms with Crippen LogP contribution in [-0.2, 0) is 9.53 Å². The molecule has 0 radical (unpaired) electrons. The third-order valence-electron chi connectivity index (χ3n) is 4.66. The van der Waals surface area contributed by atoms with E-state index in [0.29, 0.717) is 0 Å². The lowest BCUT2D eigenvalue weighted by Gasteiger charge is -2.29. The van der Waals surface area contributed by atoms with Crippen LogP contribution in [-0.4, -0.2) is 42.9 Å². The lowest BCUT2D eigenvalue weighted by atomic mass is 9.94. The highest BCUT2D eigenvalue weighted by Gasteiger charge is 2.33. The molecule has 128 valence electrons. The van der Waals surface area contributed by atoms with Crippen molar-refractivity contribution in [2.45, 2.75) is 51.0 Å². The van der Waals surface area contributed by atoms with E-state index >= 15 is 0 Å². The van der Waals surface area contributed by atoms with E-state index in [1.807, 2.05) is 44.2 Å². The Morgan fingerprint density at radius 2 is 2.04 bits per heavy atom. The number of hydrogen-bond acceptors (Lipinski definition) is 4. The zero-order valence-corrected chi connectivity index (χ0v) is 14.2. The van der Waals surface area contributed by atoms with Crippen LogP contribution in [0.15, 0.2) is 30.3 Å². The van der Waals surface area contributed by atoms with Gasteiger partial charge in [-0.2, -0.15) is 0 Å². The highest BCUT2D eigenvalue weighted by molar-refractivity contribution is 5.79. The van der Waals surface area contributed by atoms with Crippen LogP contribution in [0, 0.1) is 5.92 Å². The zero-order chi connectivity index (χ0) is 16.8. The molecule has 5 atom stereocenters. The highest BCUT2D eigenvalue weighted by Crippen LogP contribution is 2.20. The summed E-state index contributed by atoms with van der Waals surface area (Å²) in [4.78, 5) is 12.5. The molecular formula is C18H28N2O3. The predicted octanol–water partition coefficient (Wildman–Crippen LogP) is 1.63. The summed E-state index contributed by atoms with van der Waals surface area (Å²) in [6, 6.07) is 9.23. The number of amides is 1. The van der Waals surface area contributed by atoms with E-state index in [4.69, 9.17) is 4.74 Å². The first-order valence-electron chi connectivity index (χ1n) is 8.34.